The highest BCUT2D eigenvalue weighted by atomic mass is 35.5. The minimum Gasteiger partial charge on any atom is -0.459 e. The Bertz CT molecular complexity index is 570. The second-order valence-corrected chi connectivity index (χ2v) is 8.62. The first-order valence-electron chi connectivity index (χ1n) is 8.22. The van der Waals surface area contributed by atoms with E-state index in [0.29, 0.717) is 12.1 Å². The van der Waals surface area contributed by atoms with Gasteiger partial charge in [0.1, 0.15) is 16.2 Å². The van der Waals surface area contributed by atoms with Crippen molar-refractivity contribution in [2.45, 2.75) is 71.8 Å². The maximum atomic E-state index is 12.8. The average molecular weight is 357 g/mol. The van der Waals surface area contributed by atoms with Crippen molar-refractivity contribution in [2.24, 2.45) is 5.41 Å². The lowest BCUT2D eigenvalue weighted by Gasteiger charge is -2.32. The molecule has 0 saturated carbocycles. The molecule has 0 aliphatic heterocycles. The number of aliphatic hydroxyl groups is 1. The Morgan fingerprint density at radius 1 is 1.17 bits per heavy atom. The van der Waals surface area contributed by atoms with Crippen molar-refractivity contribution in [2.75, 3.05) is 6.61 Å². The van der Waals surface area contributed by atoms with E-state index >= 15 is 0 Å². The molecule has 5 nitrogen and oxygen atoms in total. The van der Waals surface area contributed by atoms with E-state index in [-0.39, 0.29) is 23.1 Å². The first kappa shape index (κ1) is 20.8. The number of aromatic nitrogens is 2. The molecular weight excluding hydrogens is 328 g/mol. The highest BCUT2D eigenvalue weighted by Crippen LogP contribution is 2.34. The van der Waals surface area contributed by atoms with Crippen LogP contribution in [0.5, 0.6) is 0 Å². The van der Waals surface area contributed by atoms with Crippen LogP contribution in [0.2, 0.25) is 5.15 Å². The molecule has 0 fully saturated rings. The number of esters is 1. The maximum absolute atomic E-state index is 12.8. The molecule has 1 aromatic heterocycles. The number of ether oxygens (including phenoxy) is 1. The molecule has 6 heteroatoms. The van der Waals surface area contributed by atoms with E-state index in [4.69, 9.17) is 16.3 Å². The zero-order valence-corrected chi connectivity index (χ0v) is 16.3. The summed E-state index contributed by atoms with van der Waals surface area (Å²) in [7, 11) is 0. The molecule has 0 amide bonds. The Kier molecular flexibility index (Phi) is 6.76. The topological polar surface area (TPSA) is 72.3 Å². The fourth-order valence-electron chi connectivity index (χ4n) is 2.33. The van der Waals surface area contributed by atoms with Crippen LogP contribution < -0.4 is 0 Å². The second kappa shape index (κ2) is 7.79. The SMILES string of the molecule is CC(C)(CO)CCCC(C)(C(=O)OC(C)(C)C)c1cncc(Cl)n1. The zero-order chi connectivity index (χ0) is 18.6. The van der Waals surface area contributed by atoms with Gasteiger partial charge in [-0.3, -0.25) is 9.78 Å². The van der Waals surface area contributed by atoms with Gasteiger partial charge in [0.2, 0.25) is 0 Å². The van der Waals surface area contributed by atoms with E-state index in [1.807, 2.05) is 41.5 Å². The number of hydrogen-bond donors (Lipinski definition) is 1. The summed E-state index contributed by atoms with van der Waals surface area (Å²) in [5, 5.41) is 9.66. The predicted octanol–water partition coefficient (Wildman–Crippen LogP) is 3.92. The Morgan fingerprint density at radius 3 is 2.29 bits per heavy atom. The largest absolute Gasteiger partial charge is 0.459 e. The summed E-state index contributed by atoms with van der Waals surface area (Å²) in [5.41, 5.74) is -1.20. The molecule has 1 unspecified atom stereocenters. The number of hydrogen-bond acceptors (Lipinski definition) is 5. The van der Waals surface area contributed by atoms with E-state index in [1.54, 1.807) is 6.20 Å². The molecule has 24 heavy (non-hydrogen) atoms. The van der Waals surface area contributed by atoms with Gasteiger partial charge in [0.05, 0.1) is 11.9 Å². The lowest BCUT2D eigenvalue weighted by atomic mass is 9.78. The van der Waals surface area contributed by atoms with Gasteiger partial charge in [-0.05, 0) is 46.0 Å². The Hall–Kier alpha value is -1.20. The van der Waals surface area contributed by atoms with Crippen LogP contribution >= 0.6 is 11.6 Å². The van der Waals surface area contributed by atoms with Crippen LogP contribution in [0, 0.1) is 5.41 Å². The molecule has 1 aromatic rings. The number of aliphatic hydroxyl groups excluding tert-OH is 1. The van der Waals surface area contributed by atoms with Crippen LogP contribution in [-0.4, -0.2) is 33.3 Å². The maximum Gasteiger partial charge on any atom is 0.318 e. The molecule has 1 heterocycles. The third-order valence-corrected chi connectivity index (χ3v) is 4.16. The van der Waals surface area contributed by atoms with E-state index in [1.165, 1.54) is 6.20 Å². The first-order chi connectivity index (χ1) is 10.9. The van der Waals surface area contributed by atoms with Gasteiger partial charge in [-0.1, -0.05) is 31.9 Å². The van der Waals surface area contributed by atoms with Crippen LogP contribution in [-0.2, 0) is 14.9 Å². The molecule has 1 atom stereocenters. The molecule has 0 spiro atoms. The highest BCUT2D eigenvalue weighted by Gasteiger charge is 2.40. The van der Waals surface area contributed by atoms with Gasteiger partial charge in [-0.25, -0.2) is 4.98 Å². The van der Waals surface area contributed by atoms with Crippen LogP contribution in [0.4, 0.5) is 0 Å². The fourth-order valence-corrected chi connectivity index (χ4v) is 2.48. The van der Waals surface area contributed by atoms with Crippen molar-refractivity contribution >= 4 is 17.6 Å². The van der Waals surface area contributed by atoms with Crippen LogP contribution in [0.3, 0.4) is 0 Å². The molecule has 0 bridgehead atoms. The van der Waals surface area contributed by atoms with Gasteiger partial charge >= 0.3 is 5.97 Å². The lowest BCUT2D eigenvalue weighted by molar-refractivity contribution is -0.162. The average Bonchev–Trinajstić information content (AvgIpc) is 2.45. The number of rotatable bonds is 7. The molecule has 0 aliphatic rings. The third-order valence-electron chi connectivity index (χ3n) is 3.98. The van der Waals surface area contributed by atoms with Gasteiger partial charge in [-0.15, -0.1) is 0 Å². The van der Waals surface area contributed by atoms with Gasteiger partial charge in [-0.2, -0.15) is 0 Å². The van der Waals surface area contributed by atoms with Crippen LogP contribution in [0.25, 0.3) is 0 Å². The second-order valence-electron chi connectivity index (χ2n) is 8.24. The lowest BCUT2D eigenvalue weighted by Crippen LogP contribution is -2.40. The molecule has 0 aliphatic carbocycles. The summed E-state index contributed by atoms with van der Waals surface area (Å²) >= 11 is 5.96. The first-order valence-corrected chi connectivity index (χ1v) is 8.60. The Morgan fingerprint density at radius 2 is 1.79 bits per heavy atom. The van der Waals surface area contributed by atoms with Gasteiger partial charge < -0.3 is 9.84 Å². The standard InChI is InChI=1S/C18H29ClN2O3/c1-16(2,3)24-15(23)18(6,9-7-8-17(4,5)12-22)13-10-20-11-14(19)21-13/h10-11,22H,7-9,12H2,1-6H3. The van der Waals surface area contributed by atoms with Crippen molar-refractivity contribution < 1.29 is 14.6 Å². The summed E-state index contributed by atoms with van der Waals surface area (Å²) in [4.78, 5) is 21.2. The molecule has 1 rings (SSSR count). The number of carbonyl (C=O) groups excluding carboxylic acids is 1. The monoisotopic (exact) mass is 356 g/mol. The van der Waals surface area contributed by atoms with Crippen molar-refractivity contribution in [1.29, 1.82) is 0 Å². The van der Waals surface area contributed by atoms with Crippen molar-refractivity contribution in [1.82, 2.24) is 9.97 Å². The molecule has 136 valence electrons. The third kappa shape index (κ3) is 6.02. The minimum absolute atomic E-state index is 0.104. The van der Waals surface area contributed by atoms with E-state index in [9.17, 15) is 9.90 Å². The fraction of sp³-hybridized carbons (Fsp3) is 0.722. The molecule has 1 N–H and O–H groups in total. The number of halogens is 1. The number of carbonyl (C=O) groups is 1. The zero-order valence-electron chi connectivity index (χ0n) is 15.5. The van der Waals surface area contributed by atoms with Crippen LogP contribution in [0.15, 0.2) is 12.4 Å². The van der Waals surface area contributed by atoms with Crippen molar-refractivity contribution in [3.63, 3.8) is 0 Å². The Labute approximate surface area is 149 Å². The minimum atomic E-state index is -0.934. The van der Waals surface area contributed by atoms with Crippen LogP contribution in [0.1, 0.15) is 66.5 Å². The van der Waals surface area contributed by atoms with E-state index < -0.39 is 11.0 Å². The smallest absolute Gasteiger partial charge is 0.318 e. The van der Waals surface area contributed by atoms with E-state index in [0.717, 1.165) is 12.8 Å². The highest BCUT2D eigenvalue weighted by molar-refractivity contribution is 6.29. The predicted molar refractivity (Wildman–Crippen MR) is 95.0 cm³/mol. The molecule has 0 saturated heterocycles. The summed E-state index contributed by atoms with van der Waals surface area (Å²) in [6, 6.07) is 0. The van der Waals surface area contributed by atoms with Gasteiger partial charge in [0.15, 0.2) is 0 Å². The summed E-state index contributed by atoms with van der Waals surface area (Å²) in [6.07, 6.45) is 5.08. The number of nitrogens with zero attached hydrogens (tertiary/aromatic N) is 2. The van der Waals surface area contributed by atoms with Crippen molar-refractivity contribution in [3.8, 4) is 0 Å². The molecule has 0 radical (unpaired) electrons. The molecular formula is C18H29ClN2O3. The quantitative estimate of drug-likeness (QED) is 0.749. The van der Waals surface area contributed by atoms with E-state index in [2.05, 4.69) is 9.97 Å². The Balaban J connectivity index is 3.05. The normalized spacial score (nSPS) is 15.0. The van der Waals surface area contributed by atoms with Gasteiger partial charge in [0, 0.05) is 12.8 Å². The van der Waals surface area contributed by atoms with Gasteiger partial charge in [0.25, 0.3) is 0 Å². The summed E-state index contributed by atoms with van der Waals surface area (Å²) in [6.45, 7) is 11.4. The summed E-state index contributed by atoms with van der Waals surface area (Å²) < 4.78 is 5.61. The summed E-state index contributed by atoms with van der Waals surface area (Å²) in [5.74, 6) is -0.339. The van der Waals surface area contributed by atoms with Crippen molar-refractivity contribution in [3.05, 3.63) is 23.2 Å². The molecule has 0 aromatic carbocycles.